The van der Waals surface area contributed by atoms with E-state index in [1.54, 1.807) is 0 Å². The molecule has 13 rings (SSSR count). The highest BCUT2D eigenvalue weighted by atomic mass is 15.3. The Morgan fingerprint density at radius 2 is 0.952 bits per heavy atom. The summed E-state index contributed by atoms with van der Waals surface area (Å²) < 4.78 is 0. The molecule has 0 unspecified atom stereocenters. The van der Waals surface area contributed by atoms with Gasteiger partial charge >= 0.3 is 0 Å². The Morgan fingerprint density at radius 3 is 1.66 bits per heavy atom. The minimum absolute atomic E-state index is 0.0115. The van der Waals surface area contributed by atoms with Crippen LogP contribution >= 0.6 is 0 Å². The first-order valence-electron chi connectivity index (χ1n) is 22.3. The van der Waals surface area contributed by atoms with Gasteiger partial charge in [-0.2, -0.15) is 0 Å². The van der Waals surface area contributed by atoms with Crippen LogP contribution in [0.15, 0.2) is 158 Å². The lowest BCUT2D eigenvalue weighted by atomic mass is 9.32. The monoisotopic (exact) mass is 794 g/mol. The van der Waals surface area contributed by atoms with Gasteiger partial charge < -0.3 is 9.80 Å². The van der Waals surface area contributed by atoms with E-state index in [9.17, 15) is 0 Å². The summed E-state index contributed by atoms with van der Waals surface area (Å²) in [5.41, 5.74) is 26.3. The topological polar surface area (TPSA) is 6.48 Å². The number of fused-ring (bicyclic) bond motifs is 14. The molecule has 0 spiro atoms. The molecule has 0 bridgehead atoms. The first-order chi connectivity index (χ1) is 30.0. The van der Waals surface area contributed by atoms with E-state index in [1.165, 1.54) is 133 Å². The third kappa shape index (κ3) is 4.51. The summed E-state index contributed by atoms with van der Waals surface area (Å²) in [5.74, 6) is 0. The zero-order chi connectivity index (χ0) is 42.0. The molecule has 0 aromatic heterocycles. The van der Waals surface area contributed by atoms with Crippen molar-refractivity contribution in [3.05, 3.63) is 197 Å². The molecular weight excluding hydrogens is 747 g/mol. The van der Waals surface area contributed by atoms with E-state index in [4.69, 9.17) is 0 Å². The van der Waals surface area contributed by atoms with Crippen molar-refractivity contribution in [3.63, 3.8) is 0 Å². The zero-order valence-electron chi connectivity index (χ0n) is 36.5. The second kappa shape index (κ2) is 12.2. The first-order valence-corrected chi connectivity index (χ1v) is 22.3. The van der Waals surface area contributed by atoms with E-state index >= 15 is 0 Å². The van der Waals surface area contributed by atoms with Crippen LogP contribution in [-0.4, -0.2) is 6.71 Å². The molecule has 0 N–H and O–H groups in total. The van der Waals surface area contributed by atoms with Gasteiger partial charge in [0.25, 0.3) is 0 Å². The number of rotatable bonds is 2. The van der Waals surface area contributed by atoms with Crippen LogP contribution in [-0.2, 0) is 10.8 Å². The second-order valence-electron chi connectivity index (χ2n) is 19.5. The molecule has 2 nitrogen and oxygen atoms in total. The quantitative estimate of drug-likeness (QED) is 0.161. The third-order valence-electron chi connectivity index (χ3n) is 15.2. The van der Waals surface area contributed by atoms with Gasteiger partial charge in [-0.25, -0.2) is 0 Å². The first kappa shape index (κ1) is 35.9. The fraction of sp³-hybridized carbons (Fsp3) is 0.153. The van der Waals surface area contributed by atoms with Crippen LogP contribution in [0.4, 0.5) is 34.1 Å². The molecule has 2 aliphatic carbocycles. The number of hydrogen-bond acceptors (Lipinski definition) is 2. The van der Waals surface area contributed by atoms with Crippen LogP contribution in [0.3, 0.4) is 0 Å². The van der Waals surface area contributed by atoms with E-state index in [-0.39, 0.29) is 17.5 Å². The van der Waals surface area contributed by atoms with Crippen molar-refractivity contribution in [2.75, 3.05) is 9.80 Å². The molecule has 2 aliphatic heterocycles. The molecule has 9 aromatic rings. The largest absolute Gasteiger partial charge is 0.307 e. The highest BCUT2D eigenvalue weighted by molar-refractivity contribution is 7.00. The summed E-state index contributed by atoms with van der Waals surface area (Å²) in [7, 11) is 0. The molecule has 9 aromatic carbocycles. The summed E-state index contributed by atoms with van der Waals surface area (Å²) in [6.45, 7) is 16.6. The molecule has 0 atom stereocenters. The molecular formula is C59H47BN2. The van der Waals surface area contributed by atoms with Crippen molar-refractivity contribution < 1.29 is 0 Å². The van der Waals surface area contributed by atoms with Gasteiger partial charge in [-0.1, -0.05) is 171 Å². The van der Waals surface area contributed by atoms with Gasteiger partial charge in [0.05, 0.1) is 22.7 Å². The minimum atomic E-state index is -0.213. The van der Waals surface area contributed by atoms with E-state index in [0.29, 0.717) is 0 Å². The lowest BCUT2D eigenvalue weighted by Gasteiger charge is -2.47. The molecule has 62 heavy (non-hydrogen) atoms. The smallest absolute Gasteiger partial charge is 0.248 e. The van der Waals surface area contributed by atoms with Crippen molar-refractivity contribution in [1.82, 2.24) is 0 Å². The number of benzene rings is 9. The number of hydrogen-bond donors (Lipinski definition) is 0. The van der Waals surface area contributed by atoms with Crippen LogP contribution in [0, 0.1) is 20.8 Å². The maximum Gasteiger partial charge on any atom is 0.248 e. The zero-order valence-corrected chi connectivity index (χ0v) is 36.5. The average Bonchev–Trinajstić information content (AvgIpc) is 3.65. The van der Waals surface area contributed by atoms with Crippen LogP contribution < -0.4 is 26.2 Å². The number of anilines is 6. The van der Waals surface area contributed by atoms with Crippen molar-refractivity contribution in [3.8, 4) is 22.3 Å². The molecule has 4 aliphatic rings. The standard InChI is InChI=1S/C59H47BN2/c1-34-28-35(2)54(36(3)29-34)60-55-41-19-11-10-18-39(41)32-52-57(55)62(49-27-26-45-43-21-13-15-23-47(43)59(6,7)53(45)56(49)60)51-31-38-17-9-8-16-37(38)30-50(51)61(52)40-24-25-44-42-20-12-14-22-46(42)58(4,5)48(44)33-40/h8-33H,1-7H3. The van der Waals surface area contributed by atoms with Crippen LogP contribution in [0.1, 0.15) is 66.6 Å². The fourth-order valence-corrected chi connectivity index (χ4v) is 12.7. The number of aryl methyl sites for hydroxylation is 3. The Hall–Kier alpha value is -6.84. The predicted molar refractivity (Wildman–Crippen MR) is 265 cm³/mol. The molecule has 0 amide bonds. The lowest BCUT2D eigenvalue weighted by molar-refractivity contribution is 0.660. The van der Waals surface area contributed by atoms with Crippen LogP contribution in [0.25, 0.3) is 43.8 Å². The van der Waals surface area contributed by atoms with Gasteiger partial charge in [0, 0.05) is 22.2 Å². The van der Waals surface area contributed by atoms with Crippen molar-refractivity contribution in [1.29, 1.82) is 0 Å². The Labute approximate surface area is 365 Å². The third-order valence-corrected chi connectivity index (χ3v) is 15.2. The van der Waals surface area contributed by atoms with Crippen molar-refractivity contribution in [2.45, 2.75) is 59.3 Å². The van der Waals surface area contributed by atoms with Gasteiger partial charge in [0.2, 0.25) is 6.71 Å². The van der Waals surface area contributed by atoms with E-state index in [2.05, 4.69) is 216 Å². The minimum Gasteiger partial charge on any atom is -0.307 e. The van der Waals surface area contributed by atoms with E-state index < -0.39 is 0 Å². The maximum atomic E-state index is 2.67. The lowest BCUT2D eigenvalue weighted by Crippen LogP contribution is -2.61. The molecule has 0 fully saturated rings. The van der Waals surface area contributed by atoms with E-state index in [1.807, 2.05) is 0 Å². The van der Waals surface area contributed by atoms with Gasteiger partial charge in [-0.3, -0.25) is 0 Å². The van der Waals surface area contributed by atoms with Gasteiger partial charge in [0.1, 0.15) is 0 Å². The highest BCUT2D eigenvalue weighted by Gasteiger charge is 2.49. The molecule has 0 radical (unpaired) electrons. The maximum absolute atomic E-state index is 2.67. The molecule has 0 saturated heterocycles. The highest BCUT2D eigenvalue weighted by Crippen LogP contribution is 2.59. The summed E-state index contributed by atoms with van der Waals surface area (Å²) in [4.78, 5) is 5.28. The summed E-state index contributed by atoms with van der Waals surface area (Å²) >= 11 is 0. The summed E-state index contributed by atoms with van der Waals surface area (Å²) in [6, 6.07) is 60.6. The molecule has 3 heteroatoms. The number of nitrogens with zero attached hydrogens (tertiary/aromatic N) is 2. The van der Waals surface area contributed by atoms with Gasteiger partial charge in [-0.05, 0) is 134 Å². The predicted octanol–water partition coefficient (Wildman–Crippen LogP) is 13.6. The van der Waals surface area contributed by atoms with Gasteiger partial charge in [0.15, 0.2) is 0 Å². The summed E-state index contributed by atoms with van der Waals surface area (Å²) in [5, 5.41) is 5.05. The SMILES string of the molecule is Cc1cc(C)c(B2c3c(ccc4c3C(C)(C)c3ccccc3-4)N3c4cc5ccccc5cc4N(c4ccc5c(c4)C(C)(C)c4ccccc4-5)c4cc5ccccc5c2c43)c(C)c1. The normalized spacial score (nSPS) is 15.5. The van der Waals surface area contributed by atoms with Crippen LogP contribution in [0.2, 0.25) is 0 Å². The van der Waals surface area contributed by atoms with Crippen LogP contribution in [0.5, 0.6) is 0 Å². The molecule has 0 saturated carbocycles. The van der Waals surface area contributed by atoms with Crippen molar-refractivity contribution >= 4 is 78.8 Å². The molecule has 296 valence electrons. The summed E-state index contributed by atoms with van der Waals surface area (Å²) in [6.07, 6.45) is 0. The fourth-order valence-electron chi connectivity index (χ4n) is 12.7. The van der Waals surface area contributed by atoms with Gasteiger partial charge in [-0.15, -0.1) is 0 Å². The Balaban J connectivity index is 1.20. The Bertz CT molecular complexity index is 3460. The molecule has 2 heterocycles. The van der Waals surface area contributed by atoms with E-state index in [0.717, 1.165) is 0 Å². The average molecular weight is 795 g/mol. The Kier molecular flexibility index (Phi) is 7.04. The Morgan fingerprint density at radius 1 is 0.403 bits per heavy atom. The second-order valence-corrected chi connectivity index (χ2v) is 19.5. The van der Waals surface area contributed by atoms with Crippen molar-refractivity contribution in [2.24, 2.45) is 0 Å².